The quantitative estimate of drug-likeness (QED) is 0.769. The van der Waals surface area contributed by atoms with E-state index < -0.39 is 11.5 Å². The zero-order valence-corrected chi connectivity index (χ0v) is 10.6. The van der Waals surface area contributed by atoms with Gasteiger partial charge in [0, 0.05) is 12.3 Å². The summed E-state index contributed by atoms with van der Waals surface area (Å²) in [5.74, 6) is -1.28. The third-order valence-corrected chi connectivity index (χ3v) is 3.46. The van der Waals surface area contributed by atoms with E-state index in [-0.39, 0.29) is 18.2 Å². The summed E-state index contributed by atoms with van der Waals surface area (Å²) in [6, 6.07) is 9.59. The normalized spacial score (nSPS) is 17.3. The average molecular weight is 259 g/mol. The summed E-state index contributed by atoms with van der Waals surface area (Å²) in [7, 11) is 0. The maximum atomic E-state index is 11.9. The molecule has 1 amide bonds. The van der Waals surface area contributed by atoms with Crippen LogP contribution in [0.1, 0.15) is 30.7 Å². The Balaban J connectivity index is 1.98. The number of hydrogen-bond donors (Lipinski definition) is 2. The van der Waals surface area contributed by atoms with Crippen LogP contribution in [0.25, 0.3) is 0 Å². The summed E-state index contributed by atoms with van der Waals surface area (Å²) in [6.45, 7) is 3.74. The van der Waals surface area contributed by atoms with Gasteiger partial charge in [-0.2, -0.15) is 0 Å². The molecule has 0 radical (unpaired) electrons. The average Bonchev–Trinajstić information content (AvgIpc) is 3.18. The molecule has 0 saturated heterocycles. The molecule has 0 bridgehead atoms. The summed E-state index contributed by atoms with van der Waals surface area (Å²) in [5.41, 5.74) is -0.00715. The molecule has 0 heterocycles. The van der Waals surface area contributed by atoms with Crippen molar-refractivity contribution in [2.45, 2.75) is 30.7 Å². The minimum Gasteiger partial charge on any atom is -0.480 e. The number of amides is 1. The van der Waals surface area contributed by atoms with Crippen molar-refractivity contribution >= 4 is 11.9 Å². The minimum atomic E-state index is -1.01. The molecule has 19 heavy (non-hydrogen) atoms. The Labute approximate surface area is 112 Å². The monoisotopic (exact) mass is 259 g/mol. The van der Waals surface area contributed by atoms with Gasteiger partial charge >= 0.3 is 5.97 Å². The lowest BCUT2D eigenvalue weighted by Crippen LogP contribution is -2.43. The predicted molar refractivity (Wildman–Crippen MR) is 71.7 cm³/mol. The zero-order chi connectivity index (χ0) is 13.9. The number of carboxylic acids is 1. The summed E-state index contributed by atoms with van der Waals surface area (Å²) < 4.78 is 0. The molecule has 0 aromatic heterocycles. The Morgan fingerprint density at radius 3 is 2.47 bits per heavy atom. The van der Waals surface area contributed by atoms with E-state index >= 15 is 0 Å². The lowest BCUT2D eigenvalue weighted by molar-refractivity contribution is -0.143. The lowest BCUT2D eigenvalue weighted by atomic mass is 9.95. The molecule has 1 aromatic carbocycles. The number of aliphatic carboxylic acids is 1. The van der Waals surface area contributed by atoms with E-state index in [4.69, 9.17) is 5.11 Å². The van der Waals surface area contributed by atoms with Crippen molar-refractivity contribution in [3.05, 3.63) is 48.6 Å². The van der Waals surface area contributed by atoms with Crippen LogP contribution in [-0.4, -0.2) is 22.5 Å². The molecule has 2 N–H and O–H groups in total. The van der Waals surface area contributed by atoms with Gasteiger partial charge < -0.3 is 10.4 Å². The maximum Gasteiger partial charge on any atom is 0.329 e. The molecule has 0 spiro atoms. The zero-order valence-electron chi connectivity index (χ0n) is 10.6. The van der Waals surface area contributed by atoms with Crippen molar-refractivity contribution in [3.63, 3.8) is 0 Å². The molecule has 2 rings (SSSR count). The van der Waals surface area contributed by atoms with Gasteiger partial charge in [-0.15, -0.1) is 6.58 Å². The van der Waals surface area contributed by atoms with Crippen LogP contribution in [-0.2, 0) is 9.59 Å². The first-order chi connectivity index (χ1) is 9.07. The van der Waals surface area contributed by atoms with Gasteiger partial charge in [-0.25, -0.2) is 4.79 Å². The topological polar surface area (TPSA) is 66.4 Å². The summed E-state index contributed by atoms with van der Waals surface area (Å²) >= 11 is 0. The van der Waals surface area contributed by atoms with Crippen molar-refractivity contribution in [1.82, 2.24) is 5.32 Å². The second-order valence-corrected chi connectivity index (χ2v) is 4.89. The Hall–Kier alpha value is -2.10. The second-order valence-electron chi connectivity index (χ2n) is 4.89. The molecule has 4 nitrogen and oxygen atoms in total. The van der Waals surface area contributed by atoms with E-state index in [1.165, 1.54) is 0 Å². The predicted octanol–water partition coefficient (Wildman–Crippen LogP) is 2.08. The number of rotatable bonds is 6. The van der Waals surface area contributed by atoms with E-state index in [0.717, 1.165) is 5.56 Å². The van der Waals surface area contributed by atoms with E-state index in [1.54, 1.807) is 6.08 Å². The van der Waals surface area contributed by atoms with Crippen LogP contribution in [0.2, 0.25) is 0 Å². The van der Waals surface area contributed by atoms with Gasteiger partial charge in [0.25, 0.3) is 0 Å². The van der Waals surface area contributed by atoms with Crippen LogP contribution in [0.15, 0.2) is 43.0 Å². The molecule has 1 aromatic rings. The largest absolute Gasteiger partial charge is 0.480 e. The molecule has 1 unspecified atom stereocenters. The number of allylic oxidation sites excluding steroid dienone is 1. The van der Waals surface area contributed by atoms with E-state index in [1.807, 2.05) is 30.3 Å². The Bertz CT molecular complexity index is 491. The Kier molecular flexibility index (Phi) is 3.69. The Morgan fingerprint density at radius 2 is 2.00 bits per heavy atom. The summed E-state index contributed by atoms with van der Waals surface area (Å²) in [6.07, 6.45) is 2.97. The third kappa shape index (κ3) is 3.02. The summed E-state index contributed by atoms with van der Waals surface area (Å²) in [5, 5.41) is 11.6. The van der Waals surface area contributed by atoms with Gasteiger partial charge in [-0.3, -0.25) is 4.79 Å². The van der Waals surface area contributed by atoms with Crippen molar-refractivity contribution in [1.29, 1.82) is 0 Å². The van der Waals surface area contributed by atoms with Gasteiger partial charge in [0.05, 0.1) is 0 Å². The van der Waals surface area contributed by atoms with E-state index in [2.05, 4.69) is 11.9 Å². The van der Waals surface area contributed by atoms with Crippen LogP contribution < -0.4 is 5.32 Å². The van der Waals surface area contributed by atoms with Crippen molar-refractivity contribution in [2.24, 2.45) is 0 Å². The van der Waals surface area contributed by atoms with Crippen molar-refractivity contribution in [2.75, 3.05) is 0 Å². The number of carbonyl (C=O) groups is 2. The molecule has 4 heteroatoms. The molecule has 100 valence electrons. The van der Waals surface area contributed by atoms with Gasteiger partial charge in [0.1, 0.15) is 5.54 Å². The fourth-order valence-corrected chi connectivity index (χ4v) is 2.07. The summed E-state index contributed by atoms with van der Waals surface area (Å²) in [4.78, 5) is 22.9. The highest BCUT2D eigenvalue weighted by Crippen LogP contribution is 2.36. The number of carboxylic acid groups (broad SMARTS) is 1. The SMILES string of the molecule is C=CC(CC(=O)NC1(C(=O)O)CC1)c1ccccc1. The first-order valence-electron chi connectivity index (χ1n) is 6.29. The number of hydrogen-bond acceptors (Lipinski definition) is 2. The highest BCUT2D eigenvalue weighted by molar-refractivity contribution is 5.89. The molecule has 1 aliphatic carbocycles. The molecule has 1 aliphatic rings. The number of carbonyl (C=O) groups excluding carboxylic acids is 1. The smallest absolute Gasteiger partial charge is 0.329 e. The maximum absolute atomic E-state index is 11.9. The van der Waals surface area contributed by atoms with Crippen LogP contribution >= 0.6 is 0 Å². The molecule has 0 aliphatic heterocycles. The minimum absolute atomic E-state index is 0.0919. The van der Waals surface area contributed by atoms with Crippen LogP contribution in [0.4, 0.5) is 0 Å². The van der Waals surface area contributed by atoms with E-state index in [0.29, 0.717) is 12.8 Å². The Morgan fingerprint density at radius 1 is 1.37 bits per heavy atom. The molecular formula is C15H17NO3. The fourth-order valence-electron chi connectivity index (χ4n) is 2.07. The standard InChI is InChI=1S/C15H17NO3/c1-2-11(12-6-4-3-5-7-12)10-13(17)16-15(8-9-15)14(18)19/h2-7,11H,1,8-10H2,(H,16,17)(H,18,19). The highest BCUT2D eigenvalue weighted by Gasteiger charge is 2.51. The lowest BCUT2D eigenvalue weighted by Gasteiger charge is -2.16. The van der Waals surface area contributed by atoms with Gasteiger partial charge in [0.15, 0.2) is 0 Å². The fraction of sp³-hybridized carbons (Fsp3) is 0.333. The van der Waals surface area contributed by atoms with Crippen molar-refractivity contribution < 1.29 is 14.7 Å². The first kappa shape index (κ1) is 13.3. The highest BCUT2D eigenvalue weighted by atomic mass is 16.4. The first-order valence-corrected chi connectivity index (χ1v) is 6.29. The van der Waals surface area contributed by atoms with Gasteiger partial charge in [-0.05, 0) is 18.4 Å². The number of benzene rings is 1. The third-order valence-electron chi connectivity index (χ3n) is 3.46. The van der Waals surface area contributed by atoms with Crippen LogP contribution in [0, 0.1) is 0 Å². The van der Waals surface area contributed by atoms with Gasteiger partial charge in [0.2, 0.25) is 5.91 Å². The molecule has 1 saturated carbocycles. The van der Waals surface area contributed by atoms with Crippen molar-refractivity contribution in [3.8, 4) is 0 Å². The van der Waals surface area contributed by atoms with Crippen LogP contribution in [0.5, 0.6) is 0 Å². The number of nitrogens with one attached hydrogen (secondary N) is 1. The van der Waals surface area contributed by atoms with Gasteiger partial charge in [-0.1, -0.05) is 36.4 Å². The molecule has 1 fully saturated rings. The van der Waals surface area contributed by atoms with Crippen LogP contribution in [0.3, 0.4) is 0 Å². The molecular weight excluding hydrogens is 242 g/mol. The van der Waals surface area contributed by atoms with E-state index in [9.17, 15) is 9.59 Å². The second kappa shape index (κ2) is 5.26. The molecule has 1 atom stereocenters.